The van der Waals surface area contributed by atoms with Crippen LogP contribution in [0.25, 0.3) is 23.0 Å². The first-order valence-corrected chi connectivity index (χ1v) is 6.28. The van der Waals surface area contributed by atoms with Gasteiger partial charge in [-0.2, -0.15) is 5.10 Å². The smallest absolute Gasteiger partial charge is 0.132 e. The number of rotatable bonds is 3. The average Bonchev–Trinajstić information content (AvgIpc) is 2.97. The highest BCUT2D eigenvalue weighted by molar-refractivity contribution is 5.69. The normalized spacial score (nSPS) is 10.4. The Balaban J connectivity index is 2.07. The van der Waals surface area contributed by atoms with Crippen molar-refractivity contribution >= 4 is 11.9 Å². The Hall–Kier alpha value is -2.88. The number of anilines is 1. The Bertz CT molecular complexity index is 744. The molecule has 3 rings (SSSR count). The third kappa shape index (κ3) is 2.07. The monoisotopic (exact) mass is 262 g/mol. The highest BCUT2D eigenvalue weighted by Gasteiger charge is 2.08. The predicted octanol–water partition coefficient (Wildman–Crippen LogP) is 3.16. The van der Waals surface area contributed by atoms with Crippen LogP contribution in [0.3, 0.4) is 0 Å². The maximum atomic E-state index is 5.86. The van der Waals surface area contributed by atoms with Gasteiger partial charge >= 0.3 is 0 Å². The summed E-state index contributed by atoms with van der Waals surface area (Å²) in [6.45, 7) is 3.78. The van der Waals surface area contributed by atoms with E-state index in [2.05, 4.69) is 16.7 Å². The van der Waals surface area contributed by atoms with Gasteiger partial charge in [-0.25, -0.2) is 9.67 Å². The summed E-state index contributed by atoms with van der Waals surface area (Å²) in [6.07, 6.45) is 5.27. The first-order valence-electron chi connectivity index (χ1n) is 6.28. The van der Waals surface area contributed by atoms with Gasteiger partial charge in [-0.1, -0.05) is 43.0 Å². The minimum Gasteiger partial charge on any atom is -0.383 e. The average molecular weight is 262 g/mol. The third-order valence-corrected chi connectivity index (χ3v) is 3.11. The van der Waals surface area contributed by atoms with E-state index < -0.39 is 0 Å². The highest BCUT2D eigenvalue weighted by atomic mass is 15.3. The van der Waals surface area contributed by atoms with Gasteiger partial charge < -0.3 is 5.73 Å². The molecule has 0 saturated heterocycles. The van der Waals surface area contributed by atoms with Crippen molar-refractivity contribution < 1.29 is 0 Å². The predicted molar refractivity (Wildman–Crippen MR) is 81.3 cm³/mol. The Kier molecular flexibility index (Phi) is 3.05. The molecule has 0 aliphatic heterocycles. The van der Waals surface area contributed by atoms with Crippen LogP contribution in [-0.4, -0.2) is 14.8 Å². The quantitative estimate of drug-likeness (QED) is 0.788. The van der Waals surface area contributed by atoms with Crippen molar-refractivity contribution in [3.8, 4) is 16.9 Å². The number of pyridine rings is 1. The molecule has 2 heterocycles. The fourth-order valence-corrected chi connectivity index (χ4v) is 2.11. The van der Waals surface area contributed by atoms with Gasteiger partial charge in [0.2, 0.25) is 0 Å². The van der Waals surface area contributed by atoms with Crippen molar-refractivity contribution in [2.24, 2.45) is 0 Å². The Morgan fingerprint density at radius 3 is 2.65 bits per heavy atom. The summed E-state index contributed by atoms with van der Waals surface area (Å²) in [5.74, 6) is 0.453. The highest BCUT2D eigenvalue weighted by Crippen LogP contribution is 2.22. The lowest BCUT2D eigenvalue weighted by Gasteiger charge is -2.07. The van der Waals surface area contributed by atoms with Gasteiger partial charge in [0, 0.05) is 23.5 Å². The van der Waals surface area contributed by atoms with E-state index >= 15 is 0 Å². The zero-order chi connectivity index (χ0) is 13.9. The summed E-state index contributed by atoms with van der Waals surface area (Å²) >= 11 is 0. The van der Waals surface area contributed by atoms with Crippen molar-refractivity contribution in [1.29, 1.82) is 0 Å². The second-order valence-electron chi connectivity index (χ2n) is 4.34. The van der Waals surface area contributed by atoms with Crippen molar-refractivity contribution in [3.63, 3.8) is 0 Å². The molecule has 0 spiro atoms. The third-order valence-electron chi connectivity index (χ3n) is 3.11. The molecule has 0 saturated carbocycles. The molecule has 3 aromatic rings. The number of benzene rings is 1. The fourth-order valence-electron chi connectivity index (χ4n) is 2.11. The molecule has 0 amide bonds. The minimum absolute atomic E-state index is 0.453. The van der Waals surface area contributed by atoms with E-state index in [1.165, 1.54) is 0 Å². The van der Waals surface area contributed by atoms with E-state index in [-0.39, 0.29) is 0 Å². The maximum absolute atomic E-state index is 5.86. The molecule has 20 heavy (non-hydrogen) atoms. The second-order valence-corrected chi connectivity index (χ2v) is 4.34. The fraction of sp³-hybridized carbons (Fsp3) is 0. The summed E-state index contributed by atoms with van der Waals surface area (Å²) in [5.41, 5.74) is 9.51. The van der Waals surface area contributed by atoms with Crippen LogP contribution in [0.2, 0.25) is 0 Å². The summed E-state index contributed by atoms with van der Waals surface area (Å²) in [6, 6.07) is 13.9. The summed E-state index contributed by atoms with van der Waals surface area (Å²) < 4.78 is 1.79. The molecule has 0 bridgehead atoms. The number of hydrogen-bond donors (Lipinski definition) is 1. The van der Waals surface area contributed by atoms with Crippen molar-refractivity contribution in [2.75, 3.05) is 5.73 Å². The Labute approximate surface area is 117 Å². The van der Waals surface area contributed by atoms with Crippen LogP contribution in [0.15, 0.2) is 61.4 Å². The number of hydrogen-bond acceptors (Lipinski definition) is 3. The molecule has 0 unspecified atom stereocenters. The van der Waals surface area contributed by atoms with Crippen LogP contribution in [0.5, 0.6) is 0 Å². The van der Waals surface area contributed by atoms with Crippen LogP contribution in [0.1, 0.15) is 5.56 Å². The van der Waals surface area contributed by atoms with Gasteiger partial charge in [-0.15, -0.1) is 0 Å². The Morgan fingerprint density at radius 2 is 1.90 bits per heavy atom. The van der Waals surface area contributed by atoms with Gasteiger partial charge in [0.25, 0.3) is 0 Å². The molecular weight excluding hydrogens is 248 g/mol. The van der Waals surface area contributed by atoms with Gasteiger partial charge in [-0.05, 0) is 12.1 Å². The van der Waals surface area contributed by atoms with Crippen LogP contribution in [-0.2, 0) is 0 Å². The van der Waals surface area contributed by atoms with E-state index in [1.807, 2.05) is 48.7 Å². The molecule has 2 aromatic heterocycles. The number of nitrogens with zero attached hydrogens (tertiary/aromatic N) is 3. The first-order chi connectivity index (χ1) is 9.79. The van der Waals surface area contributed by atoms with Crippen LogP contribution in [0.4, 0.5) is 5.82 Å². The zero-order valence-corrected chi connectivity index (χ0v) is 10.9. The Morgan fingerprint density at radius 1 is 1.10 bits per heavy atom. The standard InChI is InChI=1S/C16H14N4/c1-2-13-15(8-10-18-16(13)17)20-11-9-14(19-20)12-6-4-3-5-7-12/h2-11H,1H2,(H2,17,18). The van der Waals surface area contributed by atoms with Crippen LogP contribution in [0, 0.1) is 0 Å². The van der Waals surface area contributed by atoms with E-state index in [4.69, 9.17) is 5.73 Å². The SMILES string of the molecule is C=Cc1c(-n2ccc(-c3ccccc3)n2)ccnc1N. The van der Waals surface area contributed by atoms with E-state index in [9.17, 15) is 0 Å². The van der Waals surface area contributed by atoms with Gasteiger partial charge in [0.05, 0.1) is 11.4 Å². The zero-order valence-electron chi connectivity index (χ0n) is 10.9. The lowest BCUT2D eigenvalue weighted by molar-refractivity contribution is 0.880. The lowest BCUT2D eigenvalue weighted by Crippen LogP contribution is -2.02. The number of nitrogens with two attached hydrogens (primary N) is 1. The van der Waals surface area contributed by atoms with Crippen LogP contribution < -0.4 is 5.73 Å². The van der Waals surface area contributed by atoms with Crippen molar-refractivity contribution in [2.45, 2.75) is 0 Å². The maximum Gasteiger partial charge on any atom is 0.132 e. The molecule has 98 valence electrons. The topological polar surface area (TPSA) is 56.7 Å². The van der Waals surface area contributed by atoms with Crippen molar-refractivity contribution in [1.82, 2.24) is 14.8 Å². The molecule has 0 aliphatic carbocycles. The van der Waals surface area contributed by atoms with Gasteiger partial charge in [-0.3, -0.25) is 0 Å². The van der Waals surface area contributed by atoms with E-state index in [0.717, 1.165) is 22.5 Å². The number of aromatic nitrogens is 3. The molecule has 1 aromatic carbocycles. The summed E-state index contributed by atoms with van der Waals surface area (Å²) in [7, 11) is 0. The molecule has 0 atom stereocenters. The summed E-state index contributed by atoms with van der Waals surface area (Å²) in [4.78, 5) is 4.07. The molecule has 4 nitrogen and oxygen atoms in total. The van der Waals surface area contributed by atoms with Crippen molar-refractivity contribution in [3.05, 3.63) is 67.0 Å². The van der Waals surface area contributed by atoms with E-state index in [0.29, 0.717) is 5.82 Å². The minimum atomic E-state index is 0.453. The van der Waals surface area contributed by atoms with Crippen LogP contribution >= 0.6 is 0 Å². The first kappa shape index (κ1) is 12.2. The second kappa shape index (κ2) is 5.01. The molecule has 0 aliphatic rings. The largest absolute Gasteiger partial charge is 0.383 e. The van der Waals surface area contributed by atoms with Gasteiger partial charge in [0.1, 0.15) is 5.82 Å². The lowest BCUT2D eigenvalue weighted by atomic mass is 10.2. The molecule has 0 fully saturated rings. The molecule has 0 radical (unpaired) electrons. The summed E-state index contributed by atoms with van der Waals surface area (Å²) in [5, 5.41) is 4.59. The molecule has 4 heteroatoms. The van der Waals surface area contributed by atoms with E-state index in [1.54, 1.807) is 17.0 Å². The number of nitrogen functional groups attached to an aromatic ring is 1. The molecular formula is C16H14N4. The van der Waals surface area contributed by atoms with Gasteiger partial charge in [0.15, 0.2) is 0 Å². The molecule has 2 N–H and O–H groups in total.